The van der Waals surface area contributed by atoms with Crippen LogP contribution in [0.5, 0.6) is 0 Å². The summed E-state index contributed by atoms with van der Waals surface area (Å²) in [6.07, 6.45) is 0.870. The van der Waals surface area contributed by atoms with Gasteiger partial charge in [0.05, 0.1) is 0 Å². The van der Waals surface area contributed by atoms with Crippen LogP contribution in [-0.4, -0.2) is 65.5 Å². The number of aromatic nitrogens is 1. The molecule has 0 radical (unpaired) electrons. The maximum atomic E-state index is 12.7. The molecule has 1 aromatic carbocycles. The zero-order valence-electron chi connectivity index (χ0n) is 16.5. The van der Waals surface area contributed by atoms with Gasteiger partial charge in [0.1, 0.15) is 0 Å². The highest BCUT2D eigenvalue weighted by Gasteiger charge is 2.28. The molecule has 1 saturated heterocycles. The van der Waals surface area contributed by atoms with Gasteiger partial charge in [-0.05, 0) is 12.5 Å². The molecule has 3 rings (SSSR count). The van der Waals surface area contributed by atoms with Crippen molar-refractivity contribution < 1.29 is 14.3 Å². The number of carbonyl (C=O) groups is 2. The molecule has 1 N–H and O–H groups in total. The lowest BCUT2D eigenvalue weighted by Crippen LogP contribution is -2.51. The molecule has 1 atom stereocenters. The number of nitrogens with zero attached hydrogens (tertiary/aromatic N) is 3. The minimum atomic E-state index is -0.838. The molecule has 0 bridgehead atoms. The van der Waals surface area contributed by atoms with Gasteiger partial charge in [0.15, 0.2) is 16.9 Å². The fourth-order valence-corrected chi connectivity index (χ4v) is 3.79. The molecule has 0 spiro atoms. The first-order valence-corrected chi connectivity index (χ1v) is 10.5. The lowest BCUT2D eigenvalue weighted by Gasteiger charge is -2.35. The second kappa shape index (κ2) is 10.2. The fourth-order valence-electron chi connectivity index (χ4n) is 3.10. The molecule has 0 saturated carbocycles. The van der Waals surface area contributed by atoms with Crippen molar-refractivity contribution in [1.29, 1.82) is 0 Å². The van der Waals surface area contributed by atoms with Crippen LogP contribution in [0.2, 0.25) is 0 Å². The van der Waals surface area contributed by atoms with Gasteiger partial charge in [0, 0.05) is 44.6 Å². The molecule has 7 nitrogen and oxygen atoms in total. The number of benzene rings is 1. The van der Waals surface area contributed by atoms with E-state index in [1.807, 2.05) is 18.2 Å². The van der Waals surface area contributed by atoms with Crippen molar-refractivity contribution in [2.24, 2.45) is 0 Å². The number of ether oxygens (including phenoxy) is 1. The van der Waals surface area contributed by atoms with E-state index >= 15 is 0 Å². The zero-order valence-corrected chi connectivity index (χ0v) is 17.4. The van der Waals surface area contributed by atoms with Crippen molar-refractivity contribution in [3.05, 3.63) is 59.6 Å². The summed E-state index contributed by atoms with van der Waals surface area (Å²) in [4.78, 5) is 33.2. The van der Waals surface area contributed by atoms with Gasteiger partial charge in [-0.25, -0.2) is 9.78 Å². The smallest absolute Gasteiger partial charge is 0.358 e. The highest BCUT2D eigenvalue weighted by molar-refractivity contribution is 7.13. The quantitative estimate of drug-likeness (QED) is 0.529. The number of piperazine rings is 1. The Hall–Kier alpha value is -2.71. The number of nitrogens with one attached hydrogen (secondary N) is 1. The van der Waals surface area contributed by atoms with Crippen molar-refractivity contribution >= 4 is 28.3 Å². The number of rotatable bonds is 8. The monoisotopic (exact) mass is 414 g/mol. The first-order chi connectivity index (χ1) is 14.1. The van der Waals surface area contributed by atoms with Gasteiger partial charge in [0.25, 0.3) is 5.91 Å². The van der Waals surface area contributed by atoms with Gasteiger partial charge in [-0.3, -0.25) is 9.69 Å². The summed E-state index contributed by atoms with van der Waals surface area (Å²) >= 11 is 1.31. The first kappa shape index (κ1) is 21.0. The molecular weight excluding hydrogens is 388 g/mol. The molecule has 1 aromatic heterocycles. The third-order valence-corrected chi connectivity index (χ3v) is 5.48. The third-order valence-electron chi connectivity index (χ3n) is 4.68. The standard InChI is InChI=1S/C21H26N4O3S/c1-3-9-22-21-23-18(15-29-21)20(27)28-16(2)19(26)25-12-10-24(11-13-25)14-17-7-5-4-6-8-17/h3-8,15-16H,1,9-14H2,2H3,(H,22,23). The average molecular weight is 415 g/mol. The van der Waals surface area contributed by atoms with Gasteiger partial charge in [0.2, 0.25) is 0 Å². The van der Waals surface area contributed by atoms with E-state index in [0.29, 0.717) is 24.8 Å². The predicted molar refractivity (Wildman–Crippen MR) is 114 cm³/mol. The van der Waals surface area contributed by atoms with Crippen LogP contribution < -0.4 is 5.32 Å². The maximum absolute atomic E-state index is 12.7. The summed E-state index contributed by atoms with van der Waals surface area (Å²) in [5.74, 6) is -0.755. The SMILES string of the molecule is C=CCNc1nc(C(=O)OC(C)C(=O)N2CCN(Cc3ccccc3)CC2)cs1. The van der Waals surface area contributed by atoms with Crippen molar-refractivity contribution in [3.8, 4) is 0 Å². The lowest BCUT2D eigenvalue weighted by atomic mass is 10.2. The predicted octanol–water partition coefficient (Wildman–Crippen LogP) is 2.63. The number of anilines is 1. The Morgan fingerprint density at radius 3 is 2.69 bits per heavy atom. The molecule has 1 aliphatic heterocycles. The Kier molecular flexibility index (Phi) is 7.37. The van der Waals surface area contributed by atoms with E-state index in [2.05, 4.69) is 33.9 Å². The zero-order chi connectivity index (χ0) is 20.6. The normalized spacial score (nSPS) is 15.6. The topological polar surface area (TPSA) is 74.8 Å². The van der Waals surface area contributed by atoms with Crippen LogP contribution in [-0.2, 0) is 16.1 Å². The molecule has 2 aromatic rings. The molecule has 1 unspecified atom stereocenters. The highest BCUT2D eigenvalue weighted by atomic mass is 32.1. The molecule has 154 valence electrons. The van der Waals surface area contributed by atoms with Crippen molar-refractivity contribution in [1.82, 2.24) is 14.8 Å². The van der Waals surface area contributed by atoms with Crippen molar-refractivity contribution in [3.63, 3.8) is 0 Å². The Morgan fingerprint density at radius 2 is 2.00 bits per heavy atom. The summed E-state index contributed by atoms with van der Waals surface area (Å²) in [7, 11) is 0. The number of hydrogen-bond donors (Lipinski definition) is 1. The van der Waals surface area contributed by atoms with E-state index in [1.54, 1.807) is 23.3 Å². The summed E-state index contributed by atoms with van der Waals surface area (Å²) in [5, 5.41) is 5.25. The summed E-state index contributed by atoms with van der Waals surface area (Å²) in [6.45, 7) is 9.52. The maximum Gasteiger partial charge on any atom is 0.358 e. The van der Waals surface area contributed by atoms with Gasteiger partial charge < -0.3 is 15.0 Å². The van der Waals surface area contributed by atoms with Gasteiger partial charge in [-0.1, -0.05) is 36.4 Å². The van der Waals surface area contributed by atoms with Gasteiger partial charge >= 0.3 is 5.97 Å². The lowest BCUT2D eigenvalue weighted by molar-refractivity contribution is -0.141. The second-order valence-electron chi connectivity index (χ2n) is 6.84. The second-order valence-corrected chi connectivity index (χ2v) is 7.70. The molecule has 0 aliphatic carbocycles. The van der Waals surface area contributed by atoms with Crippen LogP contribution in [0.25, 0.3) is 0 Å². The van der Waals surface area contributed by atoms with Crippen LogP contribution in [0.15, 0.2) is 48.4 Å². The van der Waals surface area contributed by atoms with Gasteiger partial charge in [-0.15, -0.1) is 17.9 Å². The molecule has 1 fully saturated rings. The van der Waals surface area contributed by atoms with Crippen LogP contribution in [0.1, 0.15) is 23.0 Å². The Labute approximate surface area is 175 Å². The number of carbonyl (C=O) groups excluding carboxylic acids is 2. The average Bonchev–Trinajstić information content (AvgIpc) is 3.22. The fraction of sp³-hybridized carbons (Fsp3) is 0.381. The van der Waals surface area contributed by atoms with Crippen LogP contribution in [0.4, 0.5) is 5.13 Å². The number of hydrogen-bond acceptors (Lipinski definition) is 7. The molecule has 29 heavy (non-hydrogen) atoms. The number of esters is 1. The summed E-state index contributed by atoms with van der Waals surface area (Å²) < 4.78 is 5.34. The highest BCUT2D eigenvalue weighted by Crippen LogP contribution is 2.17. The van der Waals surface area contributed by atoms with Crippen molar-refractivity contribution in [2.45, 2.75) is 19.6 Å². The number of thiazole rings is 1. The van der Waals surface area contributed by atoms with Crippen LogP contribution >= 0.6 is 11.3 Å². The summed E-state index contributed by atoms with van der Waals surface area (Å²) in [6, 6.07) is 10.3. The van der Waals surface area contributed by atoms with Crippen LogP contribution in [0, 0.1) is 0 Å². The van der Waals surface area contributed by atoms with Gasteiger partial charge in [-0.2, -0.15) is 0 Å². The minimum Gasteiger partial charge on any atom is -0.448 e. The van der Waals surface area contributed by atoms with E-state index in [-0.39, 0.29) is 11.6 Å². The molecule has 8 heteroatoms. The van der Waals surface area contributed by atoms with E-state index in [1.165, 1.54) is 16.9 Å². The third kappa shape index (κ3) is 5.88. The number of amides is 1. The molecular formula is C21H26N4O3S. The van der Waals surface area contributed by atoms with E-state index in [9.17, 15) is 9.59 Å². The minimum absolute atomic E-state index is 0.169. The van der Waals surface area contributed by atoms with E-state index < -0.39 is 12.1 Å². The molecule has 1 aliphatic rings. The Balaban J connectivity index is 1.46. The Morgan fingerprint density at radius 1 is 1.28 bits per heavy atom. The molecule has 1 amide bonds. The van der Waals surface area contributed by atoms with Crippen LogP contribution in [0.3, 0.4) is 0 Å². The first-order valence-electron chi connectivity index (χ1n) is 9.63. The van der Waals surface area contributed by atoms with Crippen molar-refractivity contribution in [2.75, 3.05) is 38.0 Å². The Bertz CT molecular complexity index is 831. The summed E-state index contributed by atoms with van der Waals surface area (Å²) in [5.41, 5.74) is 1.47. The van der Waals surface area contributed by atoms with E-state index in [0.717, 1.165) is 19.6 Å². The largest absolute Gasteiger partial charge is 0.448 e. The van der Waals surface area contributed by atoms with E-state index in [4.69, 9.17) is 4.74 Å². The molecule has 2 heterocycles.